The first kappa shape index (κ1) is 12.1. The fourth-order valence-corrected chi connectivity index (χ4v) is 3.02. The third-order valence-corrected chi connectivity index (χ3v) is 3.98. The molecule has 4 nitrogen and oxygen atoms in total. The molecule has 0 unspecified atom stereocenters. The molecule has 96 valence electrons. The highest BCUT2D eigenvalue weighted by molar-refractivity contribution is 7.80. The number of amides is 1. The molecular weight excluding hydrogens is 258 g/mol. The van der Waals surface area contributed by atoms with Gasteiger partial charge in [0, 0.05) is 0 Å². The van der Waals surface area contributed by atoms with Gasteiger partial charge < -0.3 is 10.6 Å². The number of hydrogen-bond donors (Lipinski definition) is 2. The summed E-state index contributed by atoms with van der Waals surface area (Å²) in [4.78, 5) is 11.8. The van der Waals surface area contributed by atoms with E-state index in [1.165, 1.54) is 17.5 Å². The molecule has 2 aliphatic rings. The second-order valence-electron chi connectivity index (χ2n) is 4.93. The number of fused-ring (bicyclic) bond motifs is 1. The van der Waals surface area contributed by atoms with E-state index in [1.54, 1.807) is 0 Å². The average Bonchev–Trinajstić information content (AvgIpc) is 2.85. The molecule has 0 saturated carbocycles. The smallest absolute Gasteiger partial charge is 0.245 e. The SMILES string of the molecule is N#C[C@@H]1C(=O)NC(=S)N[C@@H]1c1ccc2c(c1)CCC2. The molecule has 1 aliphatic heterocycles. The van der Waals surface area contributed by atoms with Gasteiger partial charge in [0.25, 0.3) is 0 Å². The second-order valence-corrected chi connectivity index (χ2v) is 5.34. The van der Waals surface area contributed by atoms with Gasteiger partial charge in [0.1, 0.15) is 5.92 Å². The second kappa shape index (κ2) is 4.63. The maximum Gasteiger partial charge on any atom is 0.245 e. The summed E-state index contributed by atoms with van der Waals surface area (Å²) in [5.74, 6) is -1.07. The van der Waals surface area contributed by atoms with Gasteiger partial charge in [-0.2, -0.15) is 5.26 Å². The zero-order valence-corrected chi connectivity index (χ0v) is 11.1. The number of rotatable bonds is 1. The molecule has 3 rings (SSSR count). The predicted molar refractivity (Wildman–Crippen MR) is 74.2 cm³/mol. The van der Waals surface area contributed by atoms with Crippen LogP contribution in [0.1, 0.15) is 29.2 Å². The minimum absolute atomic E-state index is 0.294. The first-order valence-electron chi connectivity index (χ1n) is 6.32. The molecule has 5 heteroatoms. The first-order chi connectivity index (χ1) is 9.19. The molecule has 1 aromatic rings. The van der Waals surface area contributed by atoms with Gasteiger partial charge in [0.05, 0.1) is 12.1 Å². The number of carbonyl (C=O) groups excluding carboxylic acids is 1. The number of aryl methyl sites for hydroxylation is 2. The summed E-state index contributed by atoms with van der Waals surface area (Å²) in [6, 6.07) is 7.90. The maximum atomic E-state index is 11.8. The molecule has 0 bridgehead atoms. The van der Waals surface area contributed by atoms with Gasteiger partial charge in [-0.15, -0.1) is 0 Å². The van der Waals surface area contributed by atoms with Crippen molar-refractivity contribution in [2.45, 2.75) is 25.3 Å². The van der Waals surface area contributed by atoms with E-state index >= 15 is 0 Å². The summed E-state index contributed by atoms with van der Waals surface area (Å²) >= 11 is 5.01. The largest absolute Gasteiger partial charge is 0.354 e. The van der Waals surface area contributed by atoms with Crippen molar-refractivity contribution in [2.24, 2.45) is 5.92 Å². The van der Waals surface area contributed by atoms with Gasteiger partial charge in [-0.1, -0.05) is 18.2 Å². The van der Waals surface area contributed by atoms with Crippen LogP contribution in [0, 0.1) is 17.2 Å². The Kier molecular flexibility index (Phi) is 2.96. The Bertz CT molecular complexity index is 605. The van der Waals surface area contributed by atoms with Gasteiger partial charge in [0.2, 0.25) is 5.91 Å². The lowest BCUT2D eigenvalue weighted by Gasteiger charge is -2.29. The summed E-state index contributed by atoms with van der Waals surface area (Å²) in [6.07, 6.45) is 3.37. The Morgan fingerprint density at radius 3 is 2.89 bits per heavy atom. The van der Waals surface area contributed by atoms with Crippen molar-refractivity contribution in [2.75, 3.05) is 0 Å². The van der Waals surface area contributed by atoms with Crippen molar-refractivity contribution in [3.63, 3.8) is 0 Å². The monoisotopic (exact) mass is 271 g/mol. The van der Waals surface area contributed by atoms with E-state index in [9.17, 15) is 10.1 Å². The fraction of sp³-hybridized carbons (Fsp3) is 0.357. The predicted octanol–water partition coefficient (Wildman–Crippen LogP) is 1.36. The van der Waals surface area contributed by atoms with Crippen molar-refractivity contribution >= 4 is 23.2 Å². The summed E-state index contributed by atoms with van der Waals surface area (Å²) in [6.45, 7) is 0. The highest BCUT2D eigenvalue weighted by atomic mass is 32.1. The molecule has 1 heterocycles. The Morgan fingerprint density at radius 2 is 2.11 bits per heavy atom. The van der Waals surface area contributed by atoms with Crippen molar-refractivity contribution in [1.82, 2.24) is 10.6 Å². The van der Waals surface area contributed by atoms with Crippen molar-refractivity contribution < 1.29 is 4.79 Å². The fourth-order valence-electron chi connectivity index (χ4n) is 2.80. The lowest BCUT2D eigenvalue weighted by Crippen LogP contribution is -2.53. The van der Waals surface area contributed by atoms with E-state index in [1.807, 2.05) is 6.07 Å². The average molecular weight is 271 g/mol. The van der Waals surface area contributed by atoms with E-state index < -0.39 is 5.92 Å². The topological polar surface area (TPSA) is 64.9 Å². The van der Waals surface area contributed by atoms with Crippen LogP contribution in [0.2, 0.25) is 0 Å². The summed E-state index contributed by atoms with van der Waals surface area (Å²) < 4.78 is 0. The Morgan fingerprint density at radius 1 is 1.32 bits per heavy atom. The van der Waals surface area contributed by atoms with Gasteiger partial charge in [-0.05, 0) is 48.2 Å². The molecule has 1 aromatic carbocycles. The van der Waals surface area contributed by atoms with Crippen molar-refractivity contribution in [1.29, 1.82) is 5.26 Å². The Hall–Kier alpha value is -1.93. The highest BCUT2D eigenvalue weighted by Crippen LogP contribution is 2.29. The molecular formula is C14H13N3OS. The van der Waals surface area contributed by atoms with E-state index in [2.05, 4.69) is 28.8 Å². The normalized spacial score (nSPS) is 25.2. The lowest BCUT2D eigenvalue weighted by atomic mass is 9.90. The third kappa shape index (κ3) is 2.08. The molecule has 0 radical (unpaired) electrons. The number of thiocarbonyl (C=S) groups is 1. The van der Waals surface area contributed by atoms with Gasteiger partial charge in [-0.3, -0.25) is 4.79 Å². The van der Waals surface area contributed by atoms with E-state index in [0.29, 0.717) is 5.11 Å². The minimum atomic E-state index is -0.744. The van der Waals surface area contributed by atoms with Gasteiger partial charge in [-0.25, -0.2) is 0 Å². The van der Waals surface area contributed by atoms with Crippen LogP contribution in [0.5, 0.6) is 0 Å². The van der Waals surface area contributed by atoms with Crippen LogP contribution in [0.4, 0.5) is 0 Å². The first-order valence-corrected chi connectivity index (χ1v) is 6.72. The number of benzene rings is 1. The van der Waals surface area contributed by atoms with Crippen LogP contribution < -0.4 is 10.6 Å². The molecule has 1 aliphatic carbocycles. The van der Waals surface area contributed by atoms with Crippen molar-refractivity contribution in [3.05, 3.63) is 34.9 Å². The van der Waals surface area contributed by atoms with Crippen LogP contribution in [-0.2, 0) is 17.6 Å². The Balaban J connectivity index is 1.97. The van der Waals surface area contributed by atoms with Crippen LogP contribution in [0.25, 0.3) is 0 Å². The number of nitriles is 1. The molecule has 0 spiro atoms. The Labute approximate surface area is 116 Å². The van der Waals surface area contributed by atoms with E-state index in [-0.39, 0.29) is 11.9 Å². The van der Waals surface area contributed by atoms with E-state index in [0.717, 1.165) is 18.4 Å². The number of carbonyl (C=O) groups is 1. The van der Waals surface area contributed by atoms with Crippen LogP contribution >= 0.6 is 12.2 Å². The molecule has 2 N–H and O–H groups in total. The quantitative estimate of drug-likeness (QED) is 0.757. The van der Waals surface area contributed by atoms with E-state index in [4.69, 9.17) is 12.2 Å². The molecule has 1 amide bonds. The molecule has 1 fully saturated rings. The standard InChI is InChI=1S/C14H13N3OS/c15-7-11-12(16-14(19)17-13(11)18)10-5-4-8-2-1-3-9(8)6-10/h4-6,11-12H,1-3H2,(H2,16,17,18,19)/t11-,12+/m0/s1. The zero-order valence-electron chi connectivity index (χ0n) is 10.3. The summed E-state index contributed by atoms with van der Waals surface area (Å²) in [5.41, 5.74) is 3.66. The van der Waals surface area contributed by atoms with Crippen LogP contribution in [-0.4, -0.2) is 11.0 Å². The molecule has 19 heavy (non-hydrogen) atoms. The molecule has 1 saturated heterocycles. The van der Waals surface area contributed by atoms with Crippen LogP contribution in [0.15, 0.2) is 18.2 Å². The summed E-state index contributed by atoms with van der Waals surface area (Å²) in [5, 5.41) is 15.0. The van der Waals surface area contributed by atoms with Gasteiger partial charge in [0.15, 0.2) is 5.11 Å². The zero-order chi connectivity index (χ0) is 13.4. The number of hydrogen-bond acceptors (Lipinski definition) is 3. The third-order valence-electron chi connectivity index (χ3n) is 3.76. The number of nitrogens with one attached hydrogen (secondary N) is 2. The van der Waals surface area contributed by atoms with Crippen LogP contribution in [0.3, 0.4) is 0 Å². The lowest BCUT2D eigenvalue weighted by molar-refractivity contribution is -0.123. The highest BCUT2D eigenvalue weighted by Gasteiger charge is 2.35. The minimum Gasteiger partial charge on any atom is -0.354 e. The summed E-state index contributed by atoms with van der Waals surface area (Å²) in [7, 11) is 0. The molecule has 2 atom stereocenters. The molecule has 0 aromatic heterocycles. The van der Waals surface area contributed by atoms with Crippen molar-refractivity contribution in [3.8, 4) is 6.07 Å². The van der Waals surface area contributed by atoms with Gasteiger partial charge >= 0.3 is 0 Å². The number of nitrogens with zero attached hydrogens (tertiary/aromatic N) is 1. The maximum absolute atomic E-state index is 11.8.